The van der Waals surface area contributed by atoms with Crippen LogP contribution < -0.4 is 9.83 Å². The molecule has 5 nitrogen and oxygen atoms in total. The number of aromatic carboxylic acids is 1. The van der Waals surface area contributed by atoms with Gasteiger partial charge in [0.2, 0.25) is 10.0 Å². The standard InChI is InChI=1S/C15H14FNO4S/c1-10-4-2-3-5-12(10)9-17-22(20,21)14-8-11(15(18)19)6-7-13(14)16/h2-8,17H,9H2,1H3,(H,18,19)/p-1. The number of benzene rings is 2. The van der Waals surface area contributed by atoms with E-state index in [1.54, 1.807) is 12.1 Å². The van der Waals surface area contributed by atoms with Crippen molar-refractivity contribution in [3.63, 3.8) is 0 Å². The number of carboxylic acids is 1. The molecule has 2 rings (SSSR count). The highest BCUT2D eigenvalue weighted by atomic mass is 32.2. The quantitative estimate of drug-likeness (QED) is 0.889. The summed E-state index contributed by atoms with van der Waals surface area (Å²) in [4.78, 5) is 10.0. The monoisotopic (exact) mass is 322 g/mol. The van der Waals surface area contributed by atoms with Crippen LogP contribution in [0.25, 0.3) is 0 Å². The fourth-order valence-electron chi connectivity index (χ4n) is 1.90. The first-order chi connectivity index (χ1) is 10.3. The van der Waals surface area contributed by atoms with Gasteiger partial charge in [-0.15, -0.1) is 0 Å². The Balaban J connectivity index is 2.29. The molecule has 0 heterocycles. The van der Waals surface area contributed by atoms with Gasteiger partial charge in [-0.3, -0.25) is 0 Å². The second-order valence-electron chi connectivity index (χ2n) is 4.68. The molecule has 116 valence electrons. The molecule has 0 amide bonds. The van der Waals surface area contributed by atoms with Crippen molar-refractivity contribution in [1.29, 1.82) is 0 Å². The van der Waals surface area contributed by atoms with Gasteiger partial charge in [0.1, 0.15) is 10.7 Å². The van der Waals surface area contributed by atoms with Crippen LogP contribution in [0.15, 0.2) is 47.4 Å². The van der Waals surface area contributed by atoms with E-state index >= 15 is 0 Å². The molecule has 0 aliphatic heterocycles. The maximum atomic E-state index is 13.7. The van der Waals surface area contributed by atoms with Crippen molar-refractivity contribution < 1.29 is 22.7 Å². The summed E-state index contributed by atoms with van der Waals surface area (Å²) in [6, 6.07) is 9.61. The van der Waals surface area contributed by atoms with Crippen LogP contribution in [0.3, 0.4) is 0 Å². The summed E-state index contributed by atoms with van der Waals surface area (Å²) in [6.45, 7) is 1.80. The Bertz CT molecular complexity index is 818. The first-order valence-electron chi connectivity index (χ1n) is 6.36. The second kappa shape index (κ2) is 6.25. The Labute approximate surface area is 127 Å². The molecule has 0 aromatic heterocycles. The van der Waals surface area contributed by atoms with Gasteiger partial charge >= 0.3 is 0 Å². The van der Waals surface area contributed by atoms with Crippen molar-refractivity contribution in [2.24, 2.45) is 0 Å². The molecule has 0 fully saturated rings. The number of halogens is 1. The fraction of sp³-hybridized carbons (Fsp3) is 0.133. The van der Waals surface area contributed by atoms with E-state index < -0.39 is 32.3 Å². The minimum atomic E-state index is -4.18. The number of carbonyl (C=O) groups excluding carboxylic acids is 1. The maximum Gasteiger partial charge on any atom is 0.243 e. The van der Waals surface area contributed by atoms with Crippen LogP contribution in [0.4, 0.5) is 4.39 Å². The predicted molar refractivity (Wildman–Crippen MR) is 75.9 cm³/mol. The van der Waals surface area contributed by atoms with Crippen LogP contribution in [-0.2, 0) is 16.6 Å². The molecule has 0 saturated carbocycles. The highest BCUT2D eigenvalue weighted by molar-refractivity contribution is 7.89. The zero-order chi connectivity index (χ0) is 16.3. The van der Waals surface area contributed by atoms with Gasteiger partial charge in [-0.05, 0) is 35.7 Å². The van der Waals surface area contributed by atoms with E-state index in [1.165, 1.54) is 0 Å². The van der Waals surface area contributed by atoms with Gasteiger partial charge in [-0.25, -0.2) is 17.5 Å². The van der Waals surface area contributed by atoms with E-state index in [1.807, 2.05) is 19.1 Å². The minimum Gasteiger partial charge on any atom is -0.545 e. The van der Waals surface area contributed by atoms with Crippen LogP contribution in [0.2, 0.25) is 0 Å². The molecule has 0 bridgehead atoms. The first kappa shape index (κ1) is 16.1. The number of hydrogen-bond donors (Lipinski definition) is 1. The zero-order valence-corrected chi connectivity index (χ0v) is 12.5. The molecule has 2 aromatic carbocycles. The van der Waals surface area contributed by atoms with E-state index in [4.69, 9.17) is 0 Å². The summed E-state index contributed by atoms with van der Waals surface area (Å²) in [5.74, 6) is -2.60. The van der Waals surface area contributed by atoms with Crippen LogP contribution in [0.1, 0.15) is 21.5 Å². The fourth-order valence-corrected chi connectivity index (χ4v) is 3.00. The average molecular weight is 322 g/mol. The van der Waals surface area contributed by atoms with E-state index in [-0.39, 0.29) is 6.54 Å². The maximum absolute atomic E-state index is 13.7. The molecule has 0 atom stereocenters. The summed E-state index contributed by atoms with van der Waals surface area (Å²) in [5.41, 5.74) is 1.22. The van der Waals surface area contributed by atoms with Crippen molar-refractivity contribution in [2.45, 2.75) is 18.4 Å². The molecule has 0 aliphatic rings. The van der Waals surface area contributed by atoms with Crippen LogP contribution in [0.5, 0.6) is 0 Å². The Morgan fingerprint density at radius 3 is 2.55 bits per heavy atom. The Hall–Kier alpha value is -2.25. The summed E-state index contributed by atoms with van der Waals surface area (Å²) in [6.07, 6.45) is 0. The summed E-state index contributed by atoms with van der Waals surface area (Å²) >= 11 is 0. The first-order valence-corrected chi connectivity index (χ1v) is 7.84. The zero-order valence-electron chi connectivity index (χ0n) is 11.7. The van der Waals surface area contributed by atoms with Crippen LogP contribution in [0, 0.1) is 12.7 Å². The molecule has 0 aliphatic carbocycles. The van der Waals surface area contributed by atoms with Gasteiger partial charge < -0.3 is 9.90 Å². The van der Waals surface area contributed by atoms with Crippen molar-refractivity contribution >= 4 is 16.0 Å². The third-order valence-electron chi connectivity index (χ3n) is 3.17. The SMILES string of the molecule is Cc1ccccc1CNS(=O)(=O)c1cc(C(=O)[O-])ccc1F. The molecule has 0 unspecified atom stereocenters. The highest BCUT2D eigenvalue weighted by Crippen LogP contribution is 2.17. The number of carbonyl (C=O) groups is 1. The predicted octanol–water partition coefficient (Wildman–Crippen LogP) is 0.976. The number of rotatable bonds is 5. The van der Waals surface area contributed by atoms with Gasteiger partial charge in [0, 0.05) is 6.54 Å². The number of aryl methyl sites for hydroxylation is 1. The number of hydrogen-bond acceptors (Lipinski definition) is 4. The topological polar surface area (TPSA) is 86.3 Å². The molecule has 22 heavy (non-hydrogen) atoms. The summed E-state index contributed by atoms with van der Waals surface area (Å²) in [5, 5.41) is 10.8. The van der Waals surface area contributed by atoms with Gasteiger partial charge in [0.05, 0.1) is 5.97 Å². The lowest BCUT2D eigenvalue weighted by molar-refractivity contribution is -0.255. The lowest BCUT2D eigenvalue weighted by atomic mass is 10.1. The molecular formula is C15H13FNO4S-. The number of nitrogens with one attached hydrogen (secondary N) is 1. The summed E-state index contributed by atoms with van der Waals surface area (Å²) in [7, 11) is -4.18. The van der Waals surface area contributed by atoms with Crippen molar-refractivity contribution in [3.8, 4) is 0 Å². The molecule has 0 spiro atoms. The highest BCUT2D eigenvalue weighted by Gasteiger charge is 2.19. The third kappa shape index (κ3) is 3.49. The van der Waals surface area contributed by atoms with Gasteiger partial charge in [-0.1, -0.05) is 30.3 Å². The van der Waals surface area contributed by atoms with E-state index in [9.17, 15) is 22.7 Å². The number of carboxylic acid groups (broad SMARTS) is 1. The lowest BCUT2D eigenvalue weighted by Gasteiger charge is -2.11. The Morgan fingerprint density at radius 1 is 1.23 bits per heavy atom. The van der Waals surface area contributed by atoms with Crippen LogP contribution in [-0.4, -0.2) is 14.4 Å². The number of sulfonamides is 1. The Kier molecular flexibility index (Phi) is 4.58. The van der Waals surface area contributed by atoms with E-state index in [0.717, 1.165) is 29.3 Å². The lowest BCUT2D eigenvalue weighted by Crippen LogP contribution is -2.26. The van der Waals surface area contributed by atoms with Gasteiger partial charge in [0.15, 0.2) is 0 Å². The normalized spacial score (nSPS) is 11.4. The average Bonchev–Trinajstić information content (AvgIpc) is 2.46. The molecular weight excluding hydrogens is 309 g/mol. The van der Waals surface area contributed by atoms with Gasteiger partial charge in [-0.2, -0.15) is 0 Å². The van der Waals surface area contributed by atoms with Crippen LogP contribution >= 0.6 is 0 Å². The van der Waals surface area contributed by atoms with Crippen molar-refractivity contribution in [3.05, 3.63) is 65.0 Å². The van der Waals surface area contributed by atoms with E-state index in [0.29, 0.717) is 0 Å². The van der Waals surface area contributed by atoms with Crippen molar-refractivity contribution in [2.75, 3.05) is 0 Å². The van der Waals surface area contributed by atoms with E-state index in [2.05, 4.69) is 4.72 Å². The molecule has 0 saturated heterocycles. The molecule has 2 aromatic rings. The Morgan fingerprint density at radius 2 is 1.91 bits per heavy atom. The molecule has 1 N–H and O–H groups in total. The third-order valence-corrected chi connectivity index (χ3v) is 4.59. The minimum absolute atomic E-state index is 0.0238. The molecule has 0 radical (unpaired) electrons. The second-order valence-corrected chi connectivity index (χ2v) is 6.42. The van der Waals surface area contributed by atoms with Crippen molar-refractivity contribution in [1.82, 2.24) is 4.72 Å². The van der Waals surface area contributed by atoms with Gasteiger partial charge in [0.25, 0.3) is 0 Å². The summed E-state index contributed by atoms with van der Waals surface area (Å²) < 4.78 is 40.3. The smallest absolute Gasteiger partial charge is 0.243 e. The molecule has 7 heteroatoms. The largest absolute Gasteiger partial charge is 0.545 e.